The third kappa shape index (κ3) is 2.78. The fourth-order valence-electron chi connectivity index (χ4n) is 3.22. The zero-order chi connectivity index (χ0) is 14.8. The Labute approximate surface area is 129 Å². The fourth-order valence-corrected chi connectivity index (χ4v) is 3.22. The Hall–Kier alpha value is -1.73. The Balaban J connectivity index is 1.34. The van der Waals surface area contributed by atoms with Crippen LogP contribution in [0.4, 0.5) is 5.82 Å². The average molecular weight is 303 g/mol. The van der Waals surface area contributed by atoms with Crippen molar-refractivity contribution in [1.29, 1.82) is 0 Å². The van der Waals surface area contributed by atoms with Crippen molar-refractivity contribution in [2.24, 2.45) is 0 Å². The molecule has 2 aromatic heterocycles. The molecule has 0 aliphatic carbocycles. The summed E-state index contributed by atoms with van der Waals surface area (Å²) < 4.78 is 13.5. The second-order valence-electron chi connectivity index (χ2n) is 5.97. The van der Waals surface area contributed by atoms with Crippen LogP contribution < -0.4 is 4.90 Å². The van der Waals surface area contributed by atoms with E-state index in [1.807, 2.05) is 10.6 Å². The van der Waals surface area contributed by atoms with Crippen LogP contribution in [0.25, 0.3) is 5.65 Å². The summed E-state index contributed by atoms with van der Waals surface area (Å²) in [5.74, 6) is 0.914. The van der Waals surface area contributed by atoms with Gasteiger partial charge in [0.1, 0.15) is 6.33 Å². The van der Waals surface area contributed by atoms with Crippen LogP contribution in [0.1, 0.15) is 25.7 Å². The summed E-state index contributed by atoms with van der Waals surface area (Å²) in [5.41, 5.74) is 0.821. The van der Waals surface area contributed by atoms with Crippen molar-refractivity contribution < 1.29 is 9.47 Å². The largest absolute Gasteiger partial charge is 0.376 e. The molecule has 2 aliphatic heterocycles. The fraction of sp³-hybridized carbons (Fsp3) is 0.667. The van der Waals surface area contributed by atoms with Gasteiger partial charge in [0.25, 0.3) is 0 Å². The van der Waals surface area contributed by atoms with Crippen LogP contribution >= 0.6 is 0 Å². The van der Waals surface area contributed by atoms with Gasteiger partial charge in [-0.1, -0.05) is 0 Å². The van der Waals surface area contributed by atoms with Gasteiger partial charge < -0.3 is 14.4 Å². The number of nitrogens with zero attached hydrogens (tertiary/aromatic N) is 5. The summed E-state index contributed by atoms with van der Waals surface area (Å²) in [4.78, 5) is 6.75. The van der Waals surface area contributed by atoms with Crippen LogP contribution in [0.2, 0.25) is 0 Å². The van der Waals surface area contributed by atoms with Crippen molar-refractivity contribution in [3.63, 3.8) is 0 Å². The average Bonchev–Trinajstić information content (AvgIpc) is 3.24. The van der Waals surface area contributed by atoms with E-state index in [1.54, 1.807) is 12.5 Å². The topological polar surface area (TPSA) is 64.8 Å². The van der Waals surface area contributed by atoms with Crippen LogP contribution in [0, 0.1) is 0 Å². The van der Waals surface area contributed by atoms with E-state index in [-0.39, 0.29) is 0 Å². The Morgan fingerprint density at radius 1 is 1.27 bits per heavy atom. The molecule has 2 saturated heterocycles. The van der Waals surface area contributed by atoms with Crippen molar-refractivity contribution in [3.05, 3.63) is 18.7 Å². The highest BCUT2D eigenvalue weighted by atomic mass is 16.5. The summed E-state index contributed by atoms with van der Waals surface area (Å²) in [5, 5.41) is 8.12. The lowest BCUT2D eigenvalue weighted by Crippen LogP contribution is -2.38. The molecule has 2 fully saturated rings. The summed E-state index contributed by atoms with van der Waals surface area (Å²) in [6, 6.07) is 0. The molecule has 0 aromatic carbocycles. The molecule has 1 atom stereocenters. The molecular formula is C15H21N5O2. The van der Waals surface area contributed by atoms with Crippen LogP contribution in [0.3, 0.4) is 0 Å². The van der Waals surface area contributed by atoms with Gasteiger partial charge in [-0.3, -0.25) is 4.40 Å². The first-order chi connectivity index (χ1) is 10.9. The summed E-state index contributed by atoms with van der Waals surface area (Å²) in [6.45, 7) is 3.51. The second kappa shape index (κ2) is 6.18. The van der Waals surface area contributed by atoms with E-state index in [0.717, 1.165) is 57.0 Å². The molecule has 22 heavy (non-hydrogen) atoms. The van der Waals surface area contributed by atoms with Crippen molar-refractivity contribution in [1.82, 2.24) is 19.6 Å². The predicted molar refractivity (Wildman–Crippen MR) is 80.9 cm³/mol. The van der Waals surface area contributed by atoms with Crippen molar-refractivity contribution in [2.45, 2.75) is 37.9 Å². The maximum Gasteiger partial charge on any atom is 0.203 e. The molecule has 4 heterocycles. The van der Waals surface area contributed by atoms with E-state index in [1.165, 1.54) is 6.42 Å². The van der Waals surface area contributed by atoms with Crippen molar-refractivity contribution in [3.8, 4) is 0 Å². The number of hydrogen-bond acceptors (Lipinski definition) is 6. The van der Waals surface area contributed by atoms with E-state index in [9.17, 15) is 0 Å². The molecule has 0 radical (unpaired) electrons. The number of rotatable bonds is 4. The first kappa shape index (κ1) is 13.9. The van der Waals surface area contributed by atoms with Gasteiger partial charge in [-0.05, 0) is 25.7 Å². The molecular weight excluding hydrogens is 282 g/mol. The van der Waals surface area contributed by atoms with Gasteiger partial charge in [-0.25, -0.2) is 4.98 Å². The van der Waals surface area contributed by atoms with Crippen LogP contribution in [0.5, 0.6) is 0 Å². The SMILES string of the molecule is c1cn2cnnc2c(N2CCC(OC[C@@H]3CCCO3)CC2)n1. The minimum absolute atomic E-state index is 0.310. The normalized spacial score (nSPS) is 23.5. The number of fused-ring (bicyclic) bond motifs is 1. The molecule has 2 aliphatic rings. The van der Waals surface area contributed by atoms with Crippen molar-refractivity contribution >= 4 is 11.5 Å². The molecule has 4 rings (SSSR count). The smallest absolute Gasteiger partial charge is 0.203 e. The van der Waals surface area contributed by atoms with E-state index < -0.39 is 0 Å². The Morgan fingerprint density at radius 3 is 3.00 bits per heavy atom. The minimum Gasteiger partial charge on any atom is -0.376 e. The minimum atomic E-state index is 0.310. The van der Waals surface area contributed by atoms with Crippen molar-refractivity contribution in [2.75, 3.05) is 31.2 Å². The van der Waals surface area contributed by atoms with Crippen LogP contribution in [-0.4, -0.2) is 58.1 Å². The summed E-state index contributed by atoms with van der Waals surface area (Å²) in [6.07, 6.45) is 10.4. The molecule has 0 unspecified atom stereocenters. The Morgan fingerprint density at radius 2 is 2.18 bits per heavy atom. The van der Waals surface area contributed by atoms with Gasteiger partial charge in [0.15, 0.2) is 5.82 Å². The zero-order valence-electron chi connectivity index (χ0n) is 12.6. The third-order valence-corrected chi connectivity index (χ3v) is 4.48. The molecule has 0 bridgehead atoms. The first-order valence-electron chi connectivity index (χ1n) is 8.02. The molecule has 2 aromatic rings. The lowest BCUT2D eigenvalue weighted by molar-refractivity contribution is -0.0280. The van der Waals surface area contributed by atoms with Gasteiger partial charge in [0, 0.05) is 32.1 Å². The monoisotopic (exact) mass is 303 g/mol. The molecule has 0 spiro atoms. The van der Waals surface area contributed by atoms with E-state index in [2.05, 4.69) is 20.1 Å². The number of hydrogen-bond donors (Lipinski definition) is 0. The molecule has 7 heteroatoms. The molecule has 118 valence electrons. The summed E-state index contributed by atoms with van der Waals surface area (Å²) in [7, 11) is 0. The quantitative estimate of drug-likeness (QED) is 0.848. The summed E-state index contributed by atoms with van der Waals surface area (Å²) >= 11 is 0. The third-order valence-electron chi connectivity index (χ3n) is 4.48. The number of piperidine rings is 1. The molecule has 7 nitrogen and oxygen atoms in total. The van der Waals surface area contributed by atoms with Gasteiger partial charge in [-0.15, -0.1) is 10.2 Å². The molecule has 0 N–H and O–H groups in total. The Kier molecular flexibility index (Phi) is 3.90. The van der Waals surface area contributed by atoms with Gasteiger partial charge in [0.05, 0.1) is 18.8 Å². The maximum absolute atomic E-state index is 6.02. The number of aromatic nitrogens is 4. The maximum atomic E-state index is 6.02. The lowest BCUT2D eigenvalue weighted by Gasteiger charge is -2.33. The van der Waals surface area contributed by atoms with Gasteiger partial charge in [0.2, 0.25) is 5.65 Å². The molecule has 0 saturated carbocycles. The van der Waals surface area contributed by atoms with Gasteiger partial charge in [-0.2, -0.15) is 0 Å². The first-order valence-corrected chi connectivity index (χ1v) is 8.02. The van der Waals surface area contributed by atoms with E-state index >= 15 is 0 Å². The van der Waals surface area contributed by atoms with E-state index in [0.29, 0.717) is 12.2 Å². The van der Waals surface area contributed by atoms with Gasteiger partial charge >= 0.3 is 0 Å². The highest BCUT2D eigenvalue weighted by molar-refractivity contribution is 5.63. The number of anilines is 1. The number of ether oxygens (including phenoxy) is 2. The lowest BCUT2D eigenvalue weighted by atomic mass is 10.1. The van der Waals surface area contributed by atoms with Crippen LogP contribution in [-0.2, 0) is 9.47 Å². The predicted octanol–water partition coefficient (Wildman–Crippen LogP) is 1.29. The highest BCUT2D eigenvalue weighted by Gasteiger charge is 2.24. The standard InChI is InChI=1S/C15H21N5O2/c1-2-13(21-9-1)10-22-12-3-6-19(7-4-12)14-15-18-17-11-20(15)8-5-16-14/h5,8,11-13H,1-4,6-7,9-10H2/t13-/m0/s1. The van der Waals surface area contributed by atoms with Crippen LogP contribution in [0.15, 0.2) is 18.7 Å². The second-order valence-corrected chi connectivity index (χ2v) is 5.97. The highest BCUT2D eigenvalue weighted by Crippen LogP contribution is 2.23. The molecule has 0 amide bonds. The van der Waals surface area contributed by atoms with E-state index in [4.69, 9.17) is 9.47 Å². The Bertz CT molecular complexity index is 617. The zero-order valence-corrected chi connectivity index (χ0v) is 12.6.